The molecule has 1 heterocycles. The number of carbonyl (C=O) groups is 1. The van der Waals surface area contributed by atoms with Gasteiger partial charge in [0.05, 0.1) is 19.1 Å². The van der Waals surface area contributed by atoms with E-state index in [9.17, 15) is 4.79 Å². The summed E-state index contributed by atoms with van der Waals surface area (Å²) in [6.45, 7) is 6.67. The number of hydrogen-bond acceptors (Lipinski definition) is 3. The number of hydrogen-bond donors (Lipinski definition) is 0. The molecule has 1 aliphatic heterocycles. The van der Waals surface area contributed by atoms with Crippen molar-refractivity contribution in [3.63, 3.8) is 0 Å². The molecule has 160 valence electrons. The fourth-order valence-corrected chi connectivity index (χ4v) is 5.04. The van der Waals surface area contributed by atoms with Crippen molar-refractivity contribution < 1.29 is 9.53 Å². The Morgan fingerprint density at radius 2 is 1.55 bits per heavy atom. The van der Waals surface area contributed by atoms with Crippen LogP contribution in [-0.2, 0) is 10.2 Å². The minimum atomic E-state index is -0.0446. The van der Waals surface area contributed by atoms with Crippen molar-refractivity contribution >= 4 is 23.4 Å². The molecular formula is C27H29NO2S. The van der Waals surface area contributed by atoms with Crippen LogP contribution in [0.1, 0.15) is 37.9 Å². The molecule has 1 fully saturated rings. The van der Waals surface area contributed by atoms with Gasteiger partial charge in [-0.3, -0.25) is 4.79 Å². The Bertz CT molecular complexity index is 1020. The van der Waals surface area contributed by atoms with Crippen molar-refractivity contribution in [2.45, 2.75) is 37.1 Å². The maximum absolute atomic E-state index is 13.2. The summed E-state index contributed by atoms with van der Waals surface area (Å²) in [5, 5.41) is 0. The van der Waals surface area contributed by atoms with Gasteiger partial charge >= 0.3 is 0 Å². The molecule has 4 rings (SSSR count). The quantitative estimate of drug-likeness (QED) is 0.330. The smallest absolute Gasteiger partial charge is 0.233 e. The molecule has 0 aromatic heterocycles. The highest BCUT2D eigenvalue weighted by molar-refractivity contribution is 7.99. The molecule has 3 nitrogen and oxygen atoms in total. The van der Waals surface area contributed by atoms with E-state index in [-0.39, 0.29) is 23.3 Å². The van der Waals surface area contributed by atoms with Crippen LogP contribution >= 0.6 is 11.8 Å². The topological polar surface area (TPSA) is 29.5 Å². The van der Waals surface area contributed by atoms with Crippen LogP contribution in [0.2, 0.25) is 0 Å². The minimum Gasteiger partial charge on any atom is -0.497 e. The number of thioether (sulfide) groups is 1. The second kappa shape index (κ2) is 8.80. The van der Waals surface area contributed by atoms with Gasteiger partial charge < -0.3 is 9.64 Å². The zero-order chi connectivity index (χ0) is 22.0. The van der Waals surface area contributed by atoms with Crippen LogP contribution in [0.4, 0.5) is 5.69 Å². The SMILES string of the molecule is COc1ccc(N2C(=O)[C@H](CSc3ccc(C(C)(C)C)cc3)[C@@H]2c2ccccc2)cc1. The van der Waals surface area contributed by atoms with Crippen molar-refractivity contribution in [2.24, 2.45) is 5.92 Å². The van der Waals surface area contributed by atoms with E-state index in [1.165, 1.54) is 16.0 Å². The highest BCUT2D eigenvalue weighted by atomic mass is 32.2. The van der Waals surface area contributed by atoms with E-state index in [0.29, 0.717) is 0 Å². The fraction of sp³-hybridized carbons (Fsp3) is 0.296. The van der Waals surface area contributed by atoms with E-state index in [4.69, 9.17) is 4.74 Å². The van der Waals surface area contributed by atoms with Gasteiger partial charge in [-0.2, -0.15) is 0 Å². The van der Waals surface area contributed by atoms with Crippen molar-refractivity contribution in [1.29, 1.82) is 0 Å². The molecule has 2 atom stereocenters. The molecule has 0 aliphatic carbocycles. The molecule has 3 aromatic carbocycles. The first-order chi connectivity index (χ1) is 14.9. The third kappa shape index (κ3) is 4.49. The first-order valence-electron chi connectivity index (χ1n) is 10.6. The lowest BCUT2D eigenvalue weighted by Crippen LogP contribution is -2.56. The largest absolute Gasteiger partial charge is 0.497 e. The summed E-state index contributed by atoms with van der Waals surface area (Å²) in [4.78, 5) is 16.3. The van der Waals surface area contributed by atoms with Crippen LogP contribution in [0, 0.1) is 5.92 Å². The Morgan fingerprint density at radius 3 is 2.13 bits per heavy atom. The summed E-state index contributed by atoms with van der Waals surface area (Å²) in [5.41, 5.74) is 3.55. The van der Waals surface area contributed by atoms with E-state index in [1.54, 1.807) is 18.9 Å². The average Bonchev–Trinajstić information content (AvgIpc) is 2.78. The molecule has 0 spiro atoms. The van der Waals surface area contributed by atoms with E-state index in [1.807, 2.05) is 47.4 Å². The summed E-state index contributed by atoms with van der Waals surface area (Å²) >= 11 is 1.76. The van der Waals surface area contributed by atoms with Gasteiger partial charge in [-0.15, -0.1) is 11.8 Å². The zero-order valence-corrected chi connectivity index (χ0v) is 19.4. The van der Waals surface area contributed by atoms with Crippen LogP contribution in [0.5, 0.6) is 5.75 Å². The monoisotopic (exact) mass is 431 g/mol. The maximum atomic E-state index is 13.2. The minimum absolute atomic E-state index is 0.0446. The lowest BCUT2D eigenvalue weighted by Gasteiger charge is -2.47. The van der Waals surface area contributed by atoms with Gasteiger partial charge in [0.2, 0.25) is 5.91 Å². The molecular weight excluding hydrogens is 402 g/mol. The first kappa shape index (κ1) is 21.5. The van der Waals surface area contributed by atoms with E-state index < -0.39 is 0 Å². The lowest BCUT2D eigenvalue weighted by atomic mass is 9.83. The van der Waals surface area contributed by atoms with E-state index >= 15 is 0 Å². The van der Waals surface area contributed by atoms with Gasteiger partial charge in [0, 0.05) is 16.3 Å². The van der Waals surface area contributed by atoms with E-state index in [0.717, 1.165) is 17.2 Å². The van der Waals surface area contributed by atoms with Crippen molar-refractivity contribution in [1.82, 2.24) is 0 Å². The first-order valence-corrected chi connectivity index (χ1v) is 11.6. The fourth-order valence-electron chi connectivity index (χ4n) is 4.01. The Balaban J connectivity index is 1.53. The van der Waals surface area contributed by atoms with Crippen molar-refractivity contribution in [3.8, 4) is 5.75 Å². The van der Waals surface area contributed by atoms with Gasteiger partial charge in [0.15, 0.2) is 0 Å². The van der Waals surface area contributed by atoms with Gasteiger partial charge in [-0.05, 0) is 52.9 Å². The van der Waals surface area contributed by atoms with Gasteiger partial charge in [0.25, 0.3) is 0 Å². The molecule has 0 unspecified atom stereocenters. The number of methoxy groups -OCH3 is 1. The van der Waals surface area contributed by atoms with E-state index in [2.05, 4.69) is 57.2 Å². The predicted molar refractivity (Wildman–Crippen MR) is 129 cm³/mol. The molecule has 0 saturated carbocycles. The molecule has 1 amide bonds. The average molecular weight is 432 g/mol. The third-order valence-electron chi connectivity index (χ3n) is 5.86. The number of anilines is 1. The number of benzene rings is 3. The molecule has 31 heavy (non-hydrogen) atoms. The second-order valence-electron chi connectivity index (χ2n) is 8.95. The number of amides is 1. The molecule has 0 N–H and O–H groups in total. The maximum Gasteiger partial charge on any atom is 0.233 e. The standard InChI is InChI=1S/C27H29NO2S/c1-27(2,3)20-10-16-23(17-11-20)31-18-24-25(19-8-6-5-7-9-19)28(26(24)29)21-12-14-22(30-4)15-13-21/h5-17,24-25H,18H2,1-4H3/t24-,25+/m1/s1. The summed E-state index contributed by atoms with van der Waals surface area (Å²) in [6.07, 6.45) is 0. The highest BCUT2D eigenvalue weighted by Gasteiger charge is 2.48. The Hall–Kier alpha value is -2.72. The Kier molecular flexibility index (Phi) is 6.10. The summed E-state index contributed by atoms with van der Waals surface area (Å²) in [6, 6.07) is 26.8. The second-order valence-corrected chi connectivity index (χ2v) is 10.0. The number of ether oxygens (including phenoxy) is 1. The third-order valence-corrected chi connectivity index (χ3v) is 6.99. The van der Waals surface area contributed by atoms with Crippen molar-refractivity contribution in [2.75, 3.05) is 17.8 Å². The summed E-state index contributed by atoms with van der Waals surface area (Å²) < 4.78 is 5.27. The van der Waals surface area contributed by atoms with Crippen LogP contribution in [0.15, 0.2) is 83.8 Å². The van der Waals surface area contributed by atoms with Gasteiger partial charge in [-0.1, -0.05) is 63.2 Å². The number of β-lactam (4-membered cyclic amide) rings is 1. The zero-order valence-electron chi connectivity index (χ0n) is 18.5. The normalized spacial score (nSPS) is 18.6. The summed E-state index contributed by atoms with van der Waals surface area (Å²) in [7, 11) is 1.65. The van der Waals surface area contributed by atoms with Crippen LogP contribution < -0.4 is 9.64 Å². The Morgan fingerprint density at radius 1 is 0.903 bits per heavy atom. The van der Waals surface area contributed by atoms with Crippen LogP contribution in [0.25, 0.3) is 0 Å². The number of rotatable bonds is 6. The van der Waals surface area contributed by atoms with Crippen LogP contribution in [-0.4, -0.2) is 18.8 Å². The molecule has 1 aliphatic rings. The lowest BCUT2D eigenvalue weighted by molar-refractivity contribution is -0.129. The number of carbonyl (C=O) groups excluding carboxylic acids is 1. The molecule has 4 heteroatoms. The molecule has 1 saturated heterocycles. The van der Waals surface area contributed by atoms with Crippen molar-refractivity contribution in [3.05, 3.63) is 90.0 Å². The predicted octanol–water partition coefficient (Wildman–Crippen LogP) is 6.49. The number of nitrogens with zero attached hydrogens (tertiary/aromatic N) is 1. The molecule has 3 aromatic rings. The molecule has 0 radical (unpaired) electrons. The Labute approximate surface area is 189 Å². The summed E-state index contributed by atoms with van der Waals surface area (Å²) in [5.74, 6) is 1.69. The van der Waals surface area contributed by atoms with Gasteiger partial charge in [0.1, 0.15) is 5.75 Å². The highest BCUT2D eigenvalue weighted by Crippen LogP contribution is 2.45. The van der Waals surface area contributed by atoms with Gasteiger partial charge in [-0.25, -0.2) is 0 Å². The molecule has 0 bridgehead atoms. The van der Waals surface area contributed by atoms with Crippen LogP contribution in [0.3, 0.4) is 0 Å².